The fourth-order valence-electron chi connectivity index (χ4n) is 1.94. The van der Waals surface area contributed by atoms with Gasteiger partial charge in [0.1, 0.15) is 17.3 Å². The number of rotatable bonds is 2. The molecule has 0 N–H and O–H groups in total. The van der Waals surface area contributed by atoms with Gasteiger partial charge in [0.05, 0.1) is 13.3 Å². The molecule has 0 saturated carbocycles. The highest BCUT2D eigenvalue weighted by molar-refractivity contribution is 6.19. The first kappa shape index (κ1) is 11.5. The first-order valence-corrected chi connectivity index (χ1v) is 5.91. The first-order chi connectivity index (χ1) is 9.28. The quantitative estimate of drug-likeness (QED) is 0.758. The lowest BCUT2D eigenvalue weighted by atomic mass is 10.2. The Bertz CT molecular complexity index is 639. The summed E-state index contributed by atoms with van der Waals surface area (Å²) >= 11 is 0. The molecule has 0 bridgehead atoms. The van der Waals surface area contributed by atoms with Gasteiger partial charge < -0.3 is 4.74 Å². The topological polar surface area (TPSA) is 41.9 Å². The van der Waals surface area contributed by atoms with Crippen LogP contribution in [0.1, 0.15) is 5.56 Å². The standard InChI is InChI=1S/C15H12N2O2/c1-19-12-7-8-14-16-13(15(18)17(14)10-12)9-11-5-3-2-4-6-11/h2-10H,1H3/b13-9-. The lowest BCUT2D eigenvalue weighted by Gasteiger charge is -2.15. The van der Waals surface area contributed by atoms with Crippen molar-refractivity contribution in [1.29, 1.82) is 0 Å². The van der Waals surface area contributed by atoms with Crippen LogP contribution < -0.4 is 0 Å². The van der Waals surface area contributed by atoms with E-state index in [1.165, 1.54) is 4.90 Å². The van der Waals surface area contributed by atoms with Gasteiger partial charge in [-0.05, 0) is 23.8 Å². The Balaban J connectivity index is 1.95. The minimum Gasteiger partial charge on any atom is -0.495 e. The maximum absolute atomic E-state index is 12.2. The van der Waals surface area contributed by atoms with E-state index < -0.39 is 0 Å². The molecule has 1 aromatic rings. The monoisotopic (exact) mass is 252 g/mol. The van der Waals surface area contributed by atoms with E-state index in [9.17, 15) is 4.79 Å². The van der Waals surface area contributed by atoms with Crippen LogP contribution in [0.15, 0.2) is 65.1 Å². The molecule has 4 nitrogen and oxygen atoms in total. The van der Waals surface area contributed by atoms with E-state index >= 15 is 0 Å². The molecule has 0 radical (unpaired) electrons. The van der Waals surface area contributed by atoms with Crippen molar-refractivity contribution in [3.63, 3.8) is 0 Å². The van der Waals surface area contributed by atoms with Crippen LogP contribution in [0.5, 0.6) is 0 Å². The number of amidine groups is 1. The molecular weight excluding hydrogens is 240 g/mol. The third-order valence-electron chi connectivity index (χ3n) is 2.91. The Morgan fingerprint density at radius 3 is 2.74 bits per heavy atom. The summed E-state index contributed by atoms with van der Waals surface area (Å²) in [7, 11) is 1.57. The van der Waals surface area contributed by atoms with E-state index in [1.807, 2.05) is 30.3 Å². The first-order valence-electron chi connectivity index (χ1n) is 5.91. The van der Waals surface area contributed by atoms with Crippen molar-refractivity contribution in [1.82, 2.24) is 4.90 Å². The molecule has 0 spiro atoms. The number of amides is 1. The normalized spacial score (nSPS) is 19.3. The predicted octanol–water partition coefficient (Wildman–Crippen LogP) is 2.33. The number of carbonyl (C=O) groups is 1. The smallest absolute Gasteiger partial charge is 0.282 e. The van der Waals surface area contributed by atoms with Gasteiger partial charge in [0.2, 0.25) is 0 Å². The lowest BCUT2D eigenvalue weighted by Crippen LogP contribution is -2.27. The summed E-state index contributed by atoms with van der Waals surface area (Å²) < 4.78 is 5.11. The Hall–Kier alpha value is -2.62. The molecule has 94 valence electrons. The van der Waals surface area contributed by atoms with Gasteiger partial charge in [0.25, 0.3) is 5.91 Å². The fourth-order valence-corrected chi connectivity index (χ4v) is 1.94. The number of fused-ring (bicyclic) bond motifs is 1. The van der Waals surface area contributed by atoms with Crippen LogP contribution in [0.25, 0.3) is 6.08 Å². The van der Waals surface area contributed by atoms with E-state index in [0.717, 1.165) is 5.56 Å². The zero-order chi connectivity index (χ0) is 13.2. The highest BCUT2D eigenvalue weighted by Gasteiger charge is 2.29. The van der Waals surface area contributed by atoms with Crippen LogP contribution in [0.4, 0.5) is 0 Å². The summed E-state index contributed by atoms with van der Waals surface area (Å²) in [4.78, 5) is 18.0. The largest absolute Gasteiger partial charge is 0.495 e. The Kier molecular flexibility index (Phi) is 2.76. The van der Waals surface area contributed by atoms with Crippen molar-refractivity contribution in [2.45, 2.75) is 0 Å². The van der Waals surface area contributed by atoms with E-state index in [0.29, 0.717) is 17.3 Å². The number of ether oxygens (including phenoxy) is 1. The summed E-state index contributed by atoms with van der Waals surface area (Å²) in [6.07, 6.45) is 6.98. The molecule has 0 aromatic heterocycles. The molecule has 0 fully saturated rings. The molecule has 1 amide bonds. The van der Waals surface area contributed by atoms with Crippen molar-refractivity contribution >= 4 is 17.8 Å². The highest BCUT2D eigenvalue weighted by atomic mass is 16.5. The van der Waals surface area contributed by atoms with Crippen molar-refractivity contribution in [2.75, 3.05) is 7.11 Å². The van der Waals surface area contributed by atoms with Crippen LogP contribution in [-0.4, -0.2) is 23.8 Å². The van der Waals surface area contributed by atoms with E-state index in [-0.39, 0.29) is 5.91 Å². The molecule has 4 heteroatoms. The van der Waals surface area contributed by atoms with Crippen LogP contribution in [0, 0.1) is 0 Å². The third kappa shape index (κ3) is 2.08. The molecule has 2 heterocycles. The molecule has 0 saturated heterocycles. The summed E-state index contributed by atoms with van der Waals surface area (Å²) in [5, 5.41) is 0. The van der Waals surface area contributed by atoms with Gasteiger partial charge in [-0.1, -0.05) is 30.3 Å². The summed E-state index contributed by atoms with van der Waals surface area (Å²) in [5.74, 6) is 1.11. The second kappa shape index (κ2) is 4.57. The van der Waals surface area contributed by atoms with Crippen molar-refractivity contribution < 1.29 is 9.53 Å². The lowest BCUT2D eigenvalue weighted by molar-refractivity contribution is -0.121. The number of methoxy groups -OCH3 is 1. The maximum atomic E-state index is 12.2. The summed E-state index contributed by atoms with van der Waals surface area (Å²) in [5.41, 5.74) is 1.38. The number of hydrogen-bond donors (Lipinski definition) is 0. The zero-order valence-corrected chi connectivity index (χ0v) is 10.4. The molecule has 19 heavy (non-hydrogen) atoms. The van der Waals surface area contributed by atoms with Gasteiger partial charge in [-0.15, -0.1) is 0 Å². The van der Waals surface area contributed by atoms with Crippen LogP contribution in [0.3, 0.4) is 0 Å². The number of nitrogens with zero attached hydrogens (tertiary/aromatic N) is 2. The summed E-state index contributed by atoms with van der Waals surface area (Å²) in [6.45, 7) is 0. The second-order valence-corrected chi connectivity index (χ2v) is 4.15. The van der Waals surface area contributed by atoms with Gasteiger partial charge >= 0.3 is 0 Å². The zero-order valence-electron chi connectivity index (χ0n) is 10.4. The highest BCUT2D eigenvalue weighted by Crippen LogP contribution is 2.23. The number of aliphatic imine (C=N–C) groups is 1. The van der Waals surface area contributed by atoms with E-state index in [2.05, 4.69) is 4.99 Å². The summed E-state index contributed by atoms with van der Waals surface area (Å²) in [6, 6.07) is 9.66. The molecular formula is C15H12N2O2. The fraction of sp³-hybridized carbons (Fsp3) is 0.0667. The second-order valence-electron chi connectivity index (χ2n) is 4.15. The van der Waals surface area contributed by atoms with Crippen molar-refractivity contribution in [3.8, 4) is 0 Å². The molecule has 0 atom stereocenters. The van der Waals surface area contributed by atoms with Crippen molar-refractivity contribution in [3.05, 3.63) is 65.7 Å². The van der Waals surface area contributed by atoms with Crippen LogP contribution >= 0.6 is 0 Å². The molecule has 1 aromatic carbocycles. The number of allylic oxidation sites excluding steroid dienone is 1. The van der Waals surface area contributed by atoms with Gasteiger partial charge in [0, 0.05) is 0 Å². The van der Waals surface area contributed by atoms with Crippen LogP contribution in [-0.2, 0) is 9.53 Å². The molecule has 2 aliphatic heterocycles. The minimum atomic E-state index is -0.141. The average Bonchev–Trinajstić information content (AvgIpc) is 2.76. The van der Waals surface area contributed by atoms with Gasteiger partial charge in [-0.2, -0.15) is 0 Å². The molecule has 0 unspecified atom stereocenters. The SMILES string of the molecule is COC1=CN2C(=O)/C(=C/c3ccccc3)N=C2C=C1. The number of hydrogen-bond acceptors (Lipinski definition) is 3. The third-order valence-corrected chi connectivity index (χ3v) is 2.91. The van der Waals surface area contributed by atoms with Gasteiger partial charge in [0.15, 0.2) is 0 Å². The van der Waals surface area contributed by atoms with Gasteiger partial charge in [-0.25, -0.2) is 4.99 Å². The van der Waals surface area contributed by atoms with Crippen LogP contribution in [0.2, 0.25) is 0 Å². The Labute approximate surface area is 111 Å². The maximum Gasteiger partial charge on any atom is 0.282 e. The number of carbonyl (C=O) groups excluding carboxylic acids is 1. The average molecular weight is 252 g/mol. The van der Waals surface area contributed by atoms with E-state index in [4.69, 9.17) is 4.74 Å². The minimum absolute atomic E-state index is 0.141. The molecule has 0 aliphatic carbocycles. The predicted molar refractivity (Wildman–Crippen MR) is 72.9 cm³/mol. The van der Waals surface area contributed by atoms with E-state index in [1.54, 1.807) is 31.5 Å². The molecule has 2 aliphatic rings. The van der Waals surface area contributed by atoms with Crippen molar-refractivity contribution in [2.24, 2.45) is 4.99 Å². The molecule has 3 rings (SSSR count). The number of benzene rings is 1. The Morgan fingerprint density at radius 1 is 1.21 bits per heavy atom. The van der Waals surface area contributed by atoms with Gasteiger partial charge in [-0.3, -0.25) is 9.69 Å². The Morgan fingerprint density at radius 2 is 2.00 bits per heavy atom.